The smallest absolute Gasteiger partial charge is 0.332 e. The fourth-order valence-corrected chi connectivity index (χ4v) is 0.896. The number of amides is 2. The van der Waals surface area contributed by atoms with Crippen molar-refractivity contribution in [2.24, 2.45) is 0 Å². The molecule has 1 heterocycles. The van der Waals surface area contributed by atoms with Crippen LogP contribution in [0.1, 0.15) is 6.42 Å². The van der Waals surface area contributed by atoms with Gasteiger partial charge in [-0.3, -0.25) is 5.32 Å². The number of nitrogens with zero attached hydrogens (tertiary/aromatic N) is 3. The van der Waals surface area contributed by atoms with Crippen molar-refractivity contribution < 1.29 is 19.8 Å². The van der Waals surface area contributed by atoms with Crippen molar-refractivity contribution in [3.05, 3.63) is 12.4 Å². The van der Waals surface area contributed by atoms with Gasteiger partial charge in [-0.05, 0) is 0 Å². The molecular weight excluding hydrogens is 230 g/mol. The highest BCUT2D eigenvalue weighted by atomic mass is 16.4. The maximum Gasteiger partial charge on any atom is 0.332 e. The summed E-state index contributed by atoms with van der Waals surface area (Å²) < 4.78 is 0. The third kappa shape index (κ3) is 4.84. The van der Waals surface area contributed by atoms with Crippen molar-refractivity contribution in [3.63, 3.8) is 0 Å². The second kappa shape index (κ2) is 6.33. The van der Waals surface area contributed by atoms with E-state index >= 15 is 0 Å². The number of aliphatic carboxylic acids is 1. The molecule has 1 rings (SSSR count). The maximum atomic E-state index is 11.2. The SMILES string of the molecule is O=C(NCC[C@H](O)C(=O)O)Nc1nccnn1. The third-order valence-electron chi connectivity index (χ3n) is 1.70. The summed E-state index contributed by atoms with van der Waals surface area (Å²) in [6, 6.07) is -0.601. The number of nitrogens with one attached hydrogen (secondary N) is 2. The molecule has 0 aliphatic heterocycles. The highest BCUT2D eigenvalue weighted by Crippen LogP contribution is 1.92. The minimum absolute atomic E-state index is 0.0135. The molecule has 17 heavy (non-hydrogen) atoms. The summed E-state index contributed by atoms with van der Waals surface area (Å²) in [5.74, 6) is -1.30. The summed E-state index contributed by atoms with van der Waals surface area (Å²) in [7, 11) is 0. The molecule has 4 N–H and O–H groups in total. The topological polar surface area (TPSA) is 137 Å². The first-order valence-electron chi connectivity index (χ1n) is 4.69. The van der Waals surface area contributed by atoms with E-state index in [1.165, 1.54) is 12.4 Å². The Balaban J connectivity index is 2.25. The molecule has 1 aromatic heterocycles. The van der Waals surface area contributed by atoms with Gasteiger partial charge in [-0.15, -0.1) is 5.10 Å². The van der Waals surface area contributed by atoms with Gasteiger partial charge >= 0.3 is 12.0 Å². The molecule has 0 aromatic carbocycles. The van der Waals surface area contributed by atoms with Gasteiger partial charge in [-0.25, -0.2) is 14.6 Å². The van der Waals surface area contributed by atoms with Crippen LogP contribution in [0.15, 0.2) is 12.4 Å². The van der Waals surface area contributed by atoms with Crippen molar-refractivity contribution in [2.75, 3.05) is 11.9 Å². The van der Waals surface area contributed by atoms with Crippen LogP contribution in [0.3, 0.4) is 0 Å². The second-order valence-corrected chi connectivity index (χ2v) is 2.99. The molecular formula is C8H11N5O4. The minimum Gasteiger partial charge on any atom is -0.479 e. The average molecular weight is 241 g/mol. The lowest BCUT2D eigenvalue weighted by Crippen LogP contribution is -2.33. The zero-order chi connectivity index (χ0) is 12.7. The summed E-state index contributed by atoms with van der Waals surface area (Å²) in [5.41, 5.74) is 0. The predicted molar refractivity (Wildman–Crippen MR) is 55.1 cm³/mol. The Hall–Kier alpha value is -2.29. The van der Waals surface area contributed by atoms with Gasteiger partial charge in [0.1, 0.15) is 0 Å². The van der Waals surface area contributed by atoms with Crippen LogP contribution in [-0.2, 0) is 4.79 Å². The van der Waals surface area contributed by atoms with Crippen LogP contribution in [0.4, 0.5) is 10.7 Å². The number of hydrogen-bond acceptors (Lipinski definition) is 6. The zero-order valence-corrected chi connectivity index (χ0v) is 8.70. The fraction of sp³-hybridized carbons (Fsp3) is 0.375. The predicted octanol–water partition coefficient (Wildman–Crippen LogP) is -1.17. The lowest BCUT2D eigenvalue weighted by Gasteiger charge is -2.07. The molecule has 0 saturated carbocycles. The van der Waals surface area contributed by atoms with Crippen molar-refractivity contribution in [1.29, 1.82) is 0 Å². The lowest BCUT2D eigenvalue weighted by atomic mass is 10.2. The monoisotopic (exact) mass is 241 g/mol. The van der Waals surface area contributed by atoms with Gasteiger partial charge in [0.05, 0.1) is 12.4 Å². The molecule has 0 aliphatic rings. The van der Waals surface area contributed by atoms with Crippen molar-refractivity contribution in [1.82, 2.24) is 20.5 Å². The Morgan fingerprint density at radius 1 is 1.41 bits per heavy atom. The Morgan fingerprint density at radius 2 is 2.18 bits per heavy atom. The molecule has 9 heteroatoms. The van der Waals surface area contributed by atoms with E-state index in [1.54, 1.807) is 0 Å². The van der Waals surface area contributed by atoms with E-state index in [0.717, 1.165) is 0 Å². The van der Waals surface area contributed by atoms with E-state index in [0.29, 0.717) is 0 Å². The first-order chi connectivity index (χ1) is 8.09. The second-order valence-electron chi connectivity index (χ2n) is 2.99. The van der Waals surface area contributed by atoms with E-state index in [-0.39, 0.29) is 18.9 Å². The standard InChI is InChI=1S/C8H11N5O4/c14-5(6(15)16)1-2-10-8(17)12-7-9-3-4-11-13-7/h3-5,14H,1-2H2,(H,15,16)(H2,9,10,12,13,17)/t5-/m0/s1. The molecule has 0 saturated heterocycles. The molecule has 2 amide bonds. The molecule has 1 atom stereocenters. The van der Waals surface area contributed by atoms with E-state index < -0.39 is 18.1 Å². The summed E-state index contributed by atoms with van der Waals surface area (Å²) in [6.45, 7) is 0.0135. The molecule has 0 radical (unpaired) electrons. The van der Waals surface area contributed by atoms with Gasteiger partial charge in [-0.1, -0.05) is 0 Å². The number of anilines is 1. The van der Waals surface area contributed by atoms with Crippen LogP contribution in [0.25, 0.3) is 0 Å². The van der Waals surface area contributed by atoms with Crippen molar-refractivity contribution in [2.45, 2.75) is 12.5 Å². The number of aromatic nitrogens is 3. The van der Waals surface area contributed by atoms with Gasteiger partial charge in [-0.2, -0.15) is 5.10 Å². The zero-order valence-electron chi connectivity index (χ0n) is 8.70. The van der Waals surface area contributed by atoms with Gasteiger partial charge in [0.2, 0.25) is 0 Å². The van der Waals surface area contributed by atoms with Crippen molar-refractivity contribution in [3.8, 4) is 0 Å². The Kier molecular flexibility index (Phi) is 4.76. The van der Waals surface area contributed by atoms with Crippen LogP contribution in [0.5, 0.6) is 0 Å². The fourth-order valence-electron chi connectivity index (χ4n) is 0.896. The number of hydrogen-bond donors (Lipinski definition) is 4. The molecule has 92 valence electrons. The average Bonchev–Trinajstić information content (AvgIpc) is 2.30. The molecule has 0 spiro atoms. The molecule has 0 aliphatic carbocycles. The molecule has 0 fully saturated rings. The van der Waals surface area contributed by atoms with E-state index in [9.17, 15) is 9.59 Å². The summed E-state index contributed by atoms with van der Waals surface area (Å²) >= 11 is 0. The highest BCUT2D eigenvalue weighted by Gasteiger charge is 2.12. The normalized spacial score (nSPS) is 11.6. The summed E-state index contributed by atoms with van der Waals surface area (Å²) in [4.78, 5) is 25.2. The Bertz CT molecular complexity index is 385. The number of aliphatic hydroxyl groups is 1. The van der Waals surface area contributed by atoms with Gasteiger partial charge < -0.3 is 15.5 Å². The van der Waals surface area contributed by atoms with Crippen molar-refractivity contribution >= 4 is 17.9 Å². The molecule has 9 nitrogen and oxygen atoms in total. The van der Waals surface area contributed by atoms with Crippen LogP contribution in [-0.4, -0.2) is 50.0 Å². The Morgan fingerprint density at radius 3 is 2.76 bits per heavy atom. The van der Waals surface area contributed by atoms with E-state index in [2.05, 4.69) is 25.8 Å². The number of rotatable bonds is 5. The van der Waals surface area contributed by atoms with Gasteiger partial charge in [0.25, 0.3) is 5.95 Å². The number of carboxylic acids is 1. The highest BCUT2D eigenvalue weighted by molar-refractivity contribution is 5.87. The minimum atomic E-state index is -1.50. The first-order valence-corrected chi connectivity index (χ1v) is 4.69. The van der Waals surface area contributed by atoms with Crippen LogP contribution in [0, 0.1) is 0 Å². The number of carboxylic acid groups (broad SMARTS) is 1. The number of carbonyl (C=O) groups excluding carboxylic acids is 1. The molecule has 0 unspecified atom stereocenters. The number of aliphatic hydroxyl groups excluding tert-OH is 1. The first kappa shape index (κ1) is 12.8. The number of urea groups is 1. The van der Waals surface area contributed by atoms with E-state index in [1.807, 2.05) is 0 Å². The maximum absolute atomic E-state index is 11.2. The van der Waals surface area contributed by atoms with Crippen LogP contribution >= 0.6 is 0 Å². The quantitative estimate of drug-likeness (QED) is 0.509. The largest absolute Gasteiger partial charge is 0.479 e. The van der Waals surface area contributed by atoms with Crippen LogP contribution in [0.2, 0.25) is 0 Å². The molecule has 1 aromatic rings. The lowest BCUT2D eigenvalue weighted by molar-refractivity contribution is -0.146. The van der Waals surface area contributed by atoms with Gasteiger partial charge in [0, 0.05) is 13.0 Å². The Labute approximate surface area is 95.9 Å². The third-order valence-corrected chi connectivity index (χ3v) is 1.70. The summed E-state index contributed by atoms with van der Waals surface area (Å²) in [5, 5.41) is 28.9. The van der Waals surface area contributed by atoms with Gasteiger partial charge in [0.15, 0.2) is 6.10 Å². The van der Waals surface area contributed by atoms with Crippen LogP contribution < -0.4 is 10.6 Å². The summed E-state index contributed by atoms with van der Waals surface area (Å²) in [6.07, 6.45) is 1.13. The number of carbonyl (C=O) groups is 2. The van der Waals surface area contributed by atoms with E-state index in [4.69, 9.17) is 10.2 Å². The molecule has 0 bridgehead atoms.